The number of nitrogen functional groups attached to an aromatic ring is 1. The molecule has 112 valence electrons. The Morgan fingerprint density at radius 1 is 1.29 bits per heavy atom. The topological polar surface area (TPSA) is 56.7 Å². The molecule has 0 bridgehead atoms. The zero-order valence-electron chi connectivity index (χ0n) is 12.7. The number of nitrogens with two attached hydrogens (primary N) is 1. The maximum absolute atomic E-state index is 5.80. The van der Waals surface area contributed by atoms with E-state index in [1.807, 2.05) is 24.7 Å². The van der Waals surface area contributed by atoms with Gasteiger partial charge in [-0.25, -0.2) is 9.97 Å². The third-order valence-electron chi connectivity index (χ3n) is 4.65. The Morgan fingerprint density at radius 3 is 2.81 bits per heavy atom. The Hall–Kier alpha value is -1.84. The molecule has 2 heterocycles. The van der Waals surface area contributed by atoms with Crippen molar-refractivity contribution in [3.8, 4) is 11.3 Å². The molecule has 0 atom stereocenters. The van der Waals surface area contributed by atoms with Crippen LogP contribution in [0.25, 0.3) is 11.3 Å². The van der Waals surface area contributed by atoms with Crippen molar-refractivity contribution < 1.29 is 0 Å². The molecule has 0 aliphatic heterocycles. The highest BCUT2D eigenvalue weighted by molar-refractivity contribution is 5.61. The fourth-order valence-corrected chi connectivity index (χ4v) is 3.55. The number of rotatable bonds is 4. The summed E-state index contributed by atoms with van der Waals surface area (Å²) in [5, 5.41) is 0. The second-order valence-electron chi connectivity index (χ2n) is 6.12. The third kappa shape index (κ3) is 3.09. The summed E-state index contributed by atoms with van der Waals surface area (Å²) in [6.07, 6.45) is 13.6. The monoisotopic (exact) mass is 284 g/mol. The summed E-state index contributed by atoms with van der Waals surface area (Å²) in [5.41, 5.74) is 8.07. The Kier molecular flexibility index (Phi) is 4.23. The van der Waals surface area contributed by atoms with Crippen LogP contribution in [0.2, 0.25) is 0 Å². The van der Waals surface area contributed by atoms with Gasteiger partial charge in [-0.15, -0.1) is 0 Å². The quantitative estimate of drug-likeness (QED) is 0.921. The average Bonchev–Trinajstić information content (AvgIpc) is 2.98. The number of hydrogen-bond acceptors (Lipinski definition) is 3. The predicted octanol–water partition coefficient (Wildman–Crippen LogP) is 4.06. The van der Waals surface area contributed by atoms with Crippen molar-refractivity contribution in [1.29, 1.82) is 0 Å². The first-order chi connectivity index (χ1) is 10.3. The van der Waals surface area contributed by atoms with Crippen LogP contribution < -0.4 is 5.73 Å². The van der Waals surface area contributed by atoms with Crippen LogP contribution in [0.15, 0.2) is 30.9 Å². The highest BCUT2D eigenvalue weighted by Gasteiger charge is 2.23. The number of aromatic nitrogens is 3. The van der Waals surface area contributed by atoms with Gasteiger partial charge in [-0.3, -0.25) is 0 Å². The van der Waals surface area contributed by atoms with E-state index in [0.29, 0.717) is 11.9 Å². The van der Waals surface area contributed by atoms with E-state index in [0.717, 1.165) is 17.2 Å². The Bertz CT molecular complexity index is 582. The molecule has 21 heavy (non-hydrogen) atoms. The molecule has 1 aliphatic rings. The lowest BCUT2D eigenvalue weighted by atomic mass is 9.83. The maximum atomic E-state index is 5.80. The second-order valence-corrected chi connectivity index (χ2v) is 6.12. The summed E-state index contributed by atoms with van der Waals surface area (Å²) in [7, 11) is 0. The zero-order chi connectivity index (χ0) is 14.7. The van der Waals surface area contributed by atoms with Crippen molar-refractivity contribution in [2.75, 3.05) is 5.73 Å². The highest BCUT2D eigenvalue weighted by Crippen LogP contribution is 2.36. The molecular weight excluding hydrogens is 260 g/mol. The standard InChI is InChI=1S/C17H24N4/c1-2-3-13-4-6-15(7-5-13)21-12-19-11-16(21)14-8-9-20-17(18)10-14/h8-13,15H,2-7H2,1H3,(H2,18,20). The molecule has 0 spiro atoms. The molecule has 0 radical (unpaired) electrons. The molecule has 1 fully saturated rings. The van der Waals surface area contributed by atoms with Gasteiger partial charge in [0, 0.05) is 17.8 Å². The molecule has 4 heteroatoms. The first-order valence-corrected chi connectivity index (χ1v) is 8.01. The molecule has 0 saturated heterocycles. The zero-order valence-corrected chi connectivity index (χ0v) is 12.7. The number of anilines is 1. The fourth-order valence-electron chi connectivity index (χ4n) is 3.55. The van der Waals surface area contributed by atoms with E-state index in [1.54, 1.807) is 6.20 Å². The molecule has 0 amide bonds. The summed E-state index contributed by atoms with van der Waals surface area (Å²) in [6, 6.07) is 4.51. The van der Waals surface area contributed by atoms with Gasteiger partial charge in [0.2, 0.25) is 0 Å². The Balaban J connectivity index is 1.77. The van der Waals surface area contributed by atoms with Crippen LogP contribution >= 0.6 is 0 Å². The lowest BCUT2D eigenvalue weighted by Crippen LogP contribution is -2.18. The molecule has 2 aromatic heterocycles. The van der Waals surface area contributed by atoms with Crippen LogP contribution in [-0.4, -0.2) is 14.5 Å². The van der Waals surface area contributed by atoms with E-state index in [2.05, 4.69) is 21.5 Å². The smallest absolute Gasteiger partial charge is 0.123 e. The van der Waals surface area contributed by atoms with E-state index < -0.39 is 0 Å². The van der Waals surface area contributed by atoms with Gasteiger partial charge in [-0.05, 0) is 43.7 Å². The molecule has 2 aromatic rings. The number of imidazole rings is 1. The van der Waals surface area contributed by atoms with E-state index >= 15 is 0 Å². The molecular formula is C17H24N4. The van der Waals surface area contributed by atoms with Gasteiger partial charge in [-0.1, -0.05) is 19.8 Å². The van der Waals surface area contributed by atoms with Gasteiger partial charge in [0.05, 0.1) is 18.2 Å². The van der Waals surface area contributed by atoms with Gasteiger partial charge < -0.3 is 10.3 Å². The minimum Gasteiger partial charge on any atom is -0.384 e. The average molecular weight is 284 g/mol. The SMILES string of the molecule is CCCC1CCC(n2cncc2-c2ccnc(N)c2)CC1. The fraction of sp³-hybridized carbons (Fsp3) is 0.529. The van der Waals surface area contributed by atoms with Crippen LogP contribution in [-0.2, 0) is 0 Å². The largest absolute Gasteiger partial charge is 0.384 e. The van der Waals surface area contributed by atoms with Crippen molar-refractivity contribution >= 4 is 5.82 Å². The number of pyridine rings is 1. The molecule has 2 N–H and O–H groups in total. The molecule has 0 unspecified atom stereocenters. The summed E-state index contributed by atoms with van der Waals surface area (Å²) in [4.78, 5) is 8.43. The van der Waals surface area contributed by atoms with Gasteiger partial charge in [0.1, 0.15) is 5.82 Å². The Labute approximate surface area is 126 Å². The second kappa shape index (κ2) is 6.29. The summed E-state index contributed by atoms with van der Waals surface area (Å²) >= 11 is 0. The first-order valence-electron chi connectivity index (χ1n) is 8.01. The molecule has 3 rings (SSSR count). The molecule has 1 saturated carbocycles. The van der Waals surface area contributed by atoms with Gasteiger partial charge in [0.25, 0.3) is 0 Å². The summed E-state index contributed by atoms with van der Waals surface area (Å²) < 4.78 is 2.33. The third-order valence-corrected chi connectivity index (χ3v) is 4.65. The van der Waals surface area contributed by atoms with Crippen molar-refractivity contribution in [3.63, 3.8) is 0 Å². The van der Waals surface area contributed by atoms with Crippen LogP contribution in [0.4, 0.5) is 5.82 Å². The van der Waals surface area contributed by atoms with E-state index in [1.165, 1.54) is 38.5 Å². The van der Waals surface area contributed by atoms with Gasteiger partial charge in [-0.2, -0.15) is 0 Å². The van der Waals surface area contributed by atoms with Crippen molar-refractivity contribution in [3.05, 3.63) is 30.9 Å². The molecule has 1 aliphatic carbocycles. The van der Waals surface area contributed by atoms with Crippen molar-refractivity contribution in [2.45, 2.75) is 51.5 Å². The molecule has 0 aromatic carbocycles. The summed E-state index contributed by atoms with van der Waals surface area (Å²) in [5.74, 6) is 1.49. The normalized spacial score (nSPS) is 22.3. The van der Waals surface area contributed by atoms with Gasteiger partial charge >= 0.3 is 0 Å². The first kappa shape index (κ1) is 14.1. The maximum Gasteiger partial charge on any atom is 0.123 e. The number of nitrogens with zero attached hydrogens (tertiary/aromatic N) is 3. The van der Waals surface area contributed by atoms with Crippen LogP contribution in [0, 0.1) is 5.92 Å². The van der Waals surface area contributed by atoms with Crippen molar-refractivity contribution in [1.82, 2.24) is 14.5 Å². The van der Waals surface area contributed by atoms with E-state index in [-0.39, 0.29) is 0 Å². The van der Waals surface area contributed by atoms with Crippen LogP contribution in [0.1, 0.15) is 51.5 Å². The molecule has 4 nitrogen and oxygen atoms in total. The Morgan fingerprint density at radius 2 is 2.10 bits per heavy atom. The van der Waals surface area contributed by atoms with E-state index in [4.69, 9.17) is 5.73 Å². The lowest BCUT2D eigenvalue weighted by molar-refractivity contribution is 0.263. The van der Waals surface area contributed by atoms with Crippen molar-refractivity contribution in [2.24, 2.45) is 5.92 Å². The van der Waals surface area contributed by atoms with Crippen LogP contribution in [0.3, 0.4) is 0 Å². The van der Waals surface area contributed by atoms with Crippen LogP contribution in [0.5, 0.6) is 0 Å². The highest BCUT2D eigenvalue weighted by atomic mass is 15.1. The number of hydrogen-bond donors (Lipinski definition) is 1. The van der Waals surface area contributed by atoms with Gasteiger partial charge in [0.15, 0.2) is 0 Å². The van der Waals surface area contributed by atoms with E-state index in [9.17, 15) is 0 Å². The minimum atomic E-state index is 0.562. The predicted molar refractivity (Wildman–Crippen MR) is 85.8 cm³/mol. The summed E-state index contributed by atoms with van der Waals surface area (Å²) in [6.45, 7) is 2.29. The lowest BCUT2D eigenvalue weighted by Gasteiger charge is -2.30. The minimum absolute atomic E-state index is 0.562.